The maximum atomic E-state index is 13.8. The molecule has 0 saturated carbocycles. The molecule has 0 heterocycles. The van der Waals surface area contributed by atoms with Crippen LogP contribution in [0.4, 0.5) is 4.39 Å². The van der Waals surface area contributed by atoms with Crippen molar-refractivity contribution < 1.29 is 19.1 Å². The van der Waals surface area contributed by atoms with Crippen LogP contribution in [0.15, 0.2) is 18.2 Å². The highest BCUT2D eigenvalue weighted by atomic mass is 19.1. The van der Waals surface area contributed by atoms with E-state index in [9.17, 15) is 14.0 Å². The maximum absolute atomic E-state index is 13.8. The zero-order valence-corrected chi connectivity index (χ0v) is 9.97. The maximum Gasteiger partial charge on any atom is 0.317 e. The molecule has 6 nitrogen and oxygen atoms in total. The van der Waals surface area contributed by atoms with Crippen LogP contribution in [0, 0.1) is 17.1 Å². The highest BCUT2D eigenvalue weighted by Crippen LogP contribution is 2.14. The molecule has 1 amide bonds. The van der Waals surface area contributed by atoms with Crippen LogP contribution in [0.1, 0.15) is 11.1 Å². The lowest BCUT2D eigenvalue weighted by Crippen LogP contribution is -2.37. The number of amides is 1. The summed E-state index contributed by atoms with van der Waals surface area (Å²) in [4.78, 5) is 22.7. The number of nitrogens with zero attached hydrogens (tertiary/aromatic N) is 2. The van der Waals surface area contributed by atoms with Gasteiger partial charge < -0.3 is 10.8 Å². The van der Waals surface area contributed by atoms with Crippen LogP contribution >= 0.6 is 0 Å². The van der Waals surface area contributed by atoms with Gasteiger partial charge in [0.2, 0.25) is 5.91 Å². The number of carbonyl (C=O) groups is 2. The second kappa shape index (κ2) is 6.47. The van der Waals surface area contributed by atoms with Crippen molar-refractivity contribution in [3.63, 3.8) is 0 Å². The van der Waals surface area contributed by atoms with Gasteiger partial charge in [0.05, 0.1) is 18.7 Å². The third kappa shape index (κ3) is 4.37. The number of carbonyl (C=O) groups excluding carboxylic acids is 1. The van der Waals surface area contributed by atoms with Crippen molar-refractivity contribution in [3.8, 4) is 6.07 Å². The molecule has 0 spiro atoms. The summed E-state index contributed by atoms with van der Waals surface area (Å²) in [5.74, 6) is -2.58. The van der Waals surface area contributed by atoms with Crippen molar-refractivity contribution in [2.75, 3.05) is 13.1 Å². The number of nitrogens with two attached hydrogens (primary N) is 1. The molecule has 0 atom stereocenters. The molecule has 0 aliphatic carbocycles. The molecular formula is C12H12FN3O3. The fourth-order valence-electron chi connectivity index (χ4n) is 1.61. The number of carboxylic acid groups (broad SMARTS) is 1. The molecule has 1 aromatic carbocycles. The number of primary amides is 1. The highest BCUT2D eigenvalue weighted by Gasteiger charge is 2.16. The first-order chi connectivity index (χ1) is 8.93. The Morgan fingerprint density at radius 1 is 1.42 bits per heavy atom. The second-order valence-electron chi connectivity index (χ2n) is 3.90. The van der Waals surface area contributed by atoms with E-state index >= 15 is 0 Å². The Balaban J connectivity index is 2.93. The number of aliphatic carboxylic acids is 1. The molecule has 7 heteroatoms. The van der Waals surface area contributed by atoms with E-state index in [1.807, 2.05) is 0 Å². The fourth-order valence-corrected chi connectivity index (χ4v) is 1.61. The summed E-state index contributed by atoms with van der Waals surface area (Å²) < 4.78 is 13.8. The van der Waals surface area contributed by atoms with Gasteiger partial charge in [-0.15, -0.1) is 0 Å². The monoisotopic (exact) mass is 265 g/mol. The van der Waals surface area contributed by atoms with Crippen molar-refractivity contribution in [2.45, 2.75) is 6.54 Å². The standard InChI is InChI=1S/C12H12FN3O3/c13-12-8(4-14)2-1-3-9(12)5-16(6-10(15)17)7-11(18)19/h1-3H,5-7H2,(H2,15,17)(H,18,19). The number of hydrogen-bond donors (Lipinski definition) is 2. The average molecular weight is 265 g/mol. The van der Waals surface area contributed by atoms with E-state index < -0.39 is 24.2 Å². The van der Waals surface area contributed by atoms with E-state index in [4.69, 9.17) is 16.1 Å². The predicted octanol–water partition coefficient (Wildman–Crippen LogP) is 0.0693. The Morgan fingerprint density at radius 3 is 2.63 bits per heavy atom. The van der Waals surface area contributed by atoms with Crippen molar-refractivity contribution in [2.24, 2.45) is 5.73 Å². The lowest BCUT2D eigenvalue weighted by atomic mass is 10.1. The molecule has 0 bridgehead atoms. The van der Waals surface area contributed by atoms with Crippen LogP contribution in [-0.4, -0.2) is 35.0 Å². The van der Waals surface area contributed by atoms with Crippen LogP contribution in [0.2, 0.25) is 0 Å². The van der Waals surface area contributed by atoms with Crippen LogP contribution in [0.3, 0.4) is 0 Å². The molecule has 0 saturated heterocycles. The summed E-state index contributed by atoms with van der Waals surface area (Å²) in [6.45, 7) is -0.863. The largest absolute Gasteiger partial charge is 0.480 e. The molecule has 0 aliphatic rings. The first-order valence-electron chi connectivity index (χ1n) is 5.34. The van der Waals surface area contributed by atoms with Gasteiger partial charge in [0, 0.05) is 12.1 Å². The van der Waals surface area contributed by atoms with E-state index in [-0.39, 0.29) is 24.2 Å². The molecule has 1 aromatic rings. The van der Waals surface area contributed by atoms with Crippen molar-refractivity contribution in [1.82, 2.24) is 4.90 Å². The normalized spacial score (nSPS) is 10.2. The van der Waals surface area contributed by atoms with Gasteiger partial charge in [0.1, 0.15) is 11.9 Å². The van der Waals surface area contributed by atoms with E-state index in [2.05, 4.69) is 0 Å². The van der Waals surface area contributed by atoms with Gasteiger partial charge in [-0.1, -0.05) is 12.1 Å². The van der Waals surface area contributed by atoms with E-state index in [0.717, 1.165) is 0 Å². The number of rotatable bonds is 6. The van der Waals surface area contributed by atoms with Gasteiger partial charge in [-0.25, -0.2) is 4.39 Å². The number of nitriles is 1. The number of halogens is 1. The van der Waals surface area contributed by atoms with Crippen molar-refractivity contribution in [1.29, 1.82) is 5.26 Å². The topological polar surface area (TPSA) is 107 Å². The van der Waals surface area contributed by atoms with Crippen LogP contribution in [-0.2, 0) is 16.1 Å². The number of hydrogen-bond acceptors (Lipinski definition) is 4. The first kappa shape index (κ1) is 14.6. The molecule has 0 aromatic heterocycles. The van der Waals surface area contributed by atoms with Gasteiger partial charge in [0.15, 0.2) is 0 Å². The fraction of sp³-hybridized carbons (Fsp3) is 0.250. The smallest absolute Gasteiger partial charge is 0.317 e. The van der Waals surface area contributed by atoms with Crippen LogP contribution in [0.25, 0.3) is 0 Å². The minimum atomic E-state index is -1.15. The Bertz CT molecular complexity index is 524. The second-order valence-corrected chi connectivity index (χ2v) is 3.90. The summed E-state index contributed by atoms with van der Waals surface area (Å²) in [7, 11) is 0. The van der Waals surface area contributed by atoms with E-state index in [1.165, 1.54) is 23.1 Å². The van der Waals surface area contributed by atoms with Crippen LogP contribution < -0.4 is 5.73 Å². The zero-order valence-electron chi connectivity index (χ0n) is 9.97. The minimum Gasteiger partial charge on any atom is -0.480 e. The van der Waals surface area contributed by atoms with Crippen molar-refractivity contribution in [3.05, 3.63) is 35.1 Å². The Hall–Kier alpha value is -2.46. The minimum absolute atomic E-state index is 0.114. The summed E-state index contributed by atoms with van der Waals surface area (Å²) in [6, 6.07) is 5.91. The molecule has 0 radical (unpaired) electrons. The van der Waals surface area contributed by atoms with E-state index in [1.54, 1.807) is 6.07 Å². The Kier molecular flexibility index (Phi) is 4.97. The molecule has 0 unspecified atom stereocenters. The number of benzene rings is 1. The molecule has 100 valence electrons. The SMILES string of the molecule is N#Cc1cccc(CN(CC(N)=O)CC(=O)O)c1F. The summed E-state index contributed by atoms with van der Waals surface area (Å²) in [6.07, 6.45) is 0. The Labute approximate surface area is 108 Å². The lowest BCUT2D eigenvalue weighted by Gasteiger charge is -2.18. The third-order valence-corrected chi connectivity index (χ3v) is 2.33. The van der Waals surface area contributed by atoms with Crippen LogP contribution in [0.5, 0.6) is 0 Å². The van der Waals surface area contributed by atoms with Gasteiger partial charge in [-0.2, -0.15) is 5.26 Å². The van der Waals surface area contributed by atoms with Crippen molar-refractivity contribution >= 4 is 11.9 Å². The zero-order chi connectivity index (χ0) is 14.4. The molecular weight excluding hydrogens is 253 g/mol. The quantitative estimate of drug-likeness (QED) is 0.756. The molecule has 0 fully saturated rings. The third-order valence-electron chi connectivity index (χ3n) is 2.33. The summed E-state index contributed by atoms with van der Waals surface area (Å²) >= 11 is 0. The van der Waals surface area contributed by atoms with Gasteiger partial charge in [0.25, 0.3) is 0 Å². The van der Waals surface area contributed by atoms with Gasteiger partial charge >= 0.3 is 5.97 Å². The first-order valence-corrected chi connectivity index (χ1v) is 5.34. The van der Waals surface area contributed by atoms with Gasteiger partial charge in [-0.05, 0) is 6.07 Å². The molecule has 3 N–H and O–H groups in total. The summed E-state index contributed by atoms with van der Waals surface area (Å²) in [5.41, 5.74) is 5.00. The number of carboxylic acids is 1. The Morgan fingerprint density at radius 2 is 2.11 bits per heavy atom. The average Bonchev–Trinajstić information content (AvgIpc) is 2.30. The summed E-state index contributed by atoms with van der Waals surface area (Å²) in [5, 5.41) is 17.4. The molecule has 1 rings (SSSR count). The highest BCUT2D eigenvalue weighted by molar-refractivity contribution is 5.77. The van der Waals surface area contributed by atoms with E-state index in [0.29, 0.717) is 0 Å². The lowest BCUT2D eigenvalue weighted by molar-refractivity contribution is -0.138. The molecule has 19 heavy (non-hydrogen) atoms. The predicted molar refractivity (Wildman–Crippen MR) is 63.2 cm³/mol. The van der Waals surface area contributed by atoms with Gasteiger partial charge in [-0.3, -0.25) is 14.5 Å². The molecule has 0 aliphatic heterocycles.